The number of fused-ring (bicyclic) bond motifs is 1. The second-order valence-corrected chi connectivity index (χ2v) is 10.3. The number of thiophene rings is 1. The molecule has 0 saturated carbocycles. The van der Waals surface area contributed by atoms with Crippen LogP contribution in [0.2, 0.25) is 0 Å². The highest BCUT2D eigenvalue weighted by Gasteiger charge is 2.28. The second-order valence-electron chi connectivity index (χ2n) is 9.21. The Morgan fingerprint density at radius 3 is 2.38 bits per heavy atom. The maximum atomic E-state index is 13.4. The minimum absolute atomic E-state index is 0.0159. The molecule has 0 atom stereocenters. The molecule has 0 radical (unpaired) electrons. The van der Waals surface area contributed by atoms with Gasteiger partial charge in [0.05, 0.1) is 12.1 Å². The number of nitrogens with zero attached hydrogens (tertiary/aromatic N) is 2. The van der Waals surface area contributed by atoms with Crippen molar-refractivity contribution in [2.24, 2.45) is 0 Å². The average Bonchev–Trinajstić information content (AvgIpc) is 3.22. The van der Waals surface area contributed by atoms with Gasteiger partial charge in [-0.15, -0.1) is 11.3 Å². The predicted octanol–water partition coefficient (Wildman–Crippen LogP) is 4.93. The van der Waals surface area contributed by atoms with E-state index in [2.05, 4.69) is 46.3 Å². The number of carbonyl (C=O) groups excluding carboxylic acids is 2. The number of anilines is 2. The molecule has 34 heavy (non-hydrogen) atoms. The Kier molecular flexibility index (Phi) is 6.79. The Balaban J connectivity index is 1.27. The maximum Gasteiger partial charge on any atom is 0.239 e. The smallest absolute Gasteiger partial charge is 0.239 e. The maximum absolute atomic E-state index is 13.4. The van der Waals surface area contributed by atoms with Crippen molar-refractivity contribution in [3.8, 4) is 0 Å². The molecule has 1 aliphatic heterocycles. The number of piperazine rings is 1. The fourth-order valence-corrected chi connectivity index (χ4v) is 6.37. The van der Waals surface area contributed by atoms with E-state index in [1.807, 2.05) is 30.3 Å². The third-order valence-corrected chi connectivity index (χ3v) is 8.09. The van der Waals surface area contributed by atoms with Crippen LogP contribution in [0.5, 0.6) is 0 Å². The minimum atomic E-state index is -0.0370. The first-order valence-electron chi connectivity index (χ1n) is 12.2. The molecule has 1 aromatic heterocycles. The number of rotatable bonds is 6. The van der Waals surface area contributed by atoms with E-state index >= 15 is 0 Å². The van der Waals surface area contributed by atoms with Crippen molar-refractivity contribution in [1.29, 1.82) is 0 Å². The molecule has 176 valence electrons. The SMILES string of the molecule is Cc1ccccc1N1CCN(CC(=O)Nc2sc3c(c2C(=O)c2ccccc2)CCCC3)CC1. The molecule has 2 heterocycles. The van der Waals surface area contributed by atoms with Crippen LogP contribution >= 0.6 is 11.3 Å². The Labute approximate surface area is 205 Å². The summed E-state index contributed by atoms with van der Waals surface area (Å²) in [5.41, 5.74) is 5.10. The number of carbonyl (C=O) groups is 2. The van der Waals surface area contributed by atoms with Gasteiger partial charge in [0.2, 0.25) is 5.91 Å². The van der Waals surface area contributed by atoms with Crippen molar-refractivity contribution in [1.82, 2.24) is 4.90 Å². The number of aryl methyl sites for hydroxylation is 2. The van der Waals surface area contributed by atoms with Crippen LogP contribution < -0.4 is 10.2 Å². The second kappa shape index (κ2) is 10.1. The van der Waals surface area contributed by atoms with E-state index in [0.29, 0.717) is 17.7 Å². The van der Waals surface area contributed by atoms with Crippen molar-refractivity contribution >= 4 is 33.7 Å². The summed E-state index contributed by atoms with van der Waals surface area (Å²) in [5.74, 6) is -0.0211. The van der Waals surface area contributed by atoms with Gasteiger partial charge in [-0.05, 0) is 49.8 Å². The Morgan fingerprint density at radius 2 is 1.62 bits per heavy atom. The molecule has 1 aliphatic carbocycles. The van der Waals surface area contributed by atoms with Gasteiger partial charge in [-0.25, -0.2) is 0 Å². The van der Waals surface area contributed by atoms with Crippen LogP contribution in [0, 0.1) is 6.92 Å². The summed E-state index contributed by atoms with van der Waals surface area (Å²) in [6, 6.07) is 17.9. The van der Waals surface area contributed by atoms with Crippen molar-refractivity contribution in [3.05, 3.63) is 81.7 Å². The van der Waals surface area contributed by atoms with Crippen LogP contribution in [0.1, 0.15) is 44.8 Å². The molecule has 0 bridgehead atoms. The zero-order valence-corrected chi connectivity index (χ0v) is 20.5. The van der Waals surface area contributed by atoms with Gasteiger partial charge >= 0.3 is 0 Å². The third-order valence-electron chi connectivity index (χ3n) is 6.88. The highest BCUT2D eigenvalue weighted by molar-refractivity contribution is 7.17. The number of hydrogen-bond donors (Lipinski definition) is 1. The molecule has 0 spiro atoms. The van der Waals surface area contributed by atoms with E-state index in [1.54, 1.807) is 11.3 Å². The predicted molar refractivity (Wildman–Crippen MR) is 139 cm³/mol. The zero-order chi connectivity index (χ0) is 23.5. The number of amides is 1. The van der Waals surface area contributed by atoms with Gasteiger partial charge in [0.25, 0.3) is 0 Å². The van der Waals surface area contributed by atoms with Gasteiger partial charge in [0.15, 0.2) is 5.78 Å². The molecule has 1 N–H and O–H groups in total. The van der Waals surface area contributed by atoms with Gasteiger partial charge in [0, 0.05) is 42.3 Å². The van der Waals surface area contributed by atoms with Gasteiger partial charge in [0.1, 0.15) is 5.00 Å². The summed E-state index contributed by atoms with van der Waals surface area (Å²) in [4.78, 5) is 32.3. The molecule has 5 rings (SSSR count). The molecule has 3 aromatic rings. The summed E-state index contributed by atoms with van der Waals surface area (Å²) >= 11 is 1.60. The van der Waals surface area contributed by atoms with Crippen molar-refractivity contribution in [3.63, 3.8) is 0 Å². The third kappa shape index (κ3) is 4.79. The monoisotopic (exact) mass is 473 g/mol. The lowest BCUT2D eigenvalue weighted by molar-refractivity contribution is -0.117. The van der Waals surface area contributed by atoms with Crippen LogP contribution in [0.3, 0.4) is 0 Å². The van der Waals surface area contributed by atoms with Crippen LogP contribution in [0.25, 0.3) is 0 Å². The normalized spacial score (nSPS) is 16.2. The number of benzene rings is 2. The minimum Gasteiger partial charge on any atom is -0.369 e. The summed E-state index contributed by atoms with van der Waals surface area (Å²) in [6.07, 6.45) is 4.14. The molecular formula is C28H31N3O2S. The van der Waals surface area contributed by atoms with E-state index in [4.69, 9.17) is 0 Å². The molecule has 0 unspecified atom stereocenters. The molecule has 1 amide bonds. The lowest BCUT2D eigenvalue weighted by Gasteiger charge is -2.36. The topological polar surface area (TPSA) is 52.6 Å². The zero-order valence-electron chi connectivity index (χ0n) is 19.7. The van der Waals surface area contributed by atoms with E-state index < -0.39 is 0 Å². The number of para-hydroxylation sites is 1. The number of nitrogens with one attached hydrogen (secondary N) is 1. The van der Waals surface area contributed by atoms with Gasteiger partial charge in [-0.2, -0.15) is 0 Å². The summed E-state index contributed by atoms with van der Waals surface area (Å²) in [6.45, 7) is 6.00. The Bertz CT molecular complexity index is 1180. The van der Waals surface area contributed by atoms with Crippen molar-refractivity contribution < 1.29 is 9.59 Å². The molecule has 6 heteroatoms. The van der Waals surface area contributed by atoms with Crippen LogP contribution in [0.15, 0.2) is 54.6 Å². The highest BCUT2D eigenvalue weighted by atomic mass is 32.1. The Morgan fingerprint density at radius 1 is 0.912 bits per heavy atom. The first kappa shape index (κ1) is 22.8. The first-order valence-corrected chi connectivity index (χ1v) is 13.0. The summed E-state index contributed by atoms with van der Waals surface area (Å²) < 4.78 is 0. The molecular weight excluding hydrogens is 442 g/mol. The number of hydrogen-bond acceptors (Lipinski definition) is 5. The van der Waals surface area contributed by atoms with Gasteiger partial charge in [-0.3, -0.25) is 14.5 Å². The number of ketones is 1. The van der Waals surface area contributed by atoms with E-state index in [0.717, 1.165) is 62.4 Å². The fraction of sp³-hybridized carbons (Fsp3) is 0.357. The van der Waals surface area contributed by atoms with E-state index in [1.165, 1.54) is 16.1 Å². The molecule has 5 nitrogen and oxygen atoms in total. The summed E-state index contributed by atoms with van der Waals surface area (Å²) in [5, 5.41) is 3.85. The van der Waals surface area contributed by atoms with E-state index in [9.17, 15) is 9.59 Å². The van der Waals surface area contributed by atoms with Gasteiger partial charge in [-0.1, -0.05) is 48.5 Å². The summed E-state index contributed by atoms with van der Waals surface area (Å²) in [7, 11) is 0. The lowest BCUT2D eigenvalue weighted by atomic mass is 9.92. The quantitative estimate of drug-likeness (QED) is 0.516. The highest BCUT2D eigenvalue weighted by Crippen LogP contribution is 2.39. The lowest BCUT2D eigenvalue weighted by Crippen LogP contribution is -2.48. The van der Waals surface area contributed by atoms with Crippen LogP contribution in [0.4, 0.5) is 10.7 Å². The molecule has 2 aliphatic rings. The van der Waals surface area contributed by atoms with Crippen LogP contribution in [-0.4, -0.2) is 49.3 Å². The average molecular weight is 474 g/mol. The Hall–Kier alpha value is -2.96. The standard InChI is InChI=1S/C28H31N3O2S/c1-20-9-5-7-13-23(20)31-17-15-30(16-18-31)19-25(32)29-28-26(22-12-6-8-14-24(22)34-28)27(33)21-10-3-2-4-11-21/h2-5,7,9-11,13H,6,8,12,14-19H2,1H3,(H,29,32). The van der Waals surface area contributed by atoms with Crippen molar-refractivity contribution in [2.75, 3.05) is 42.9 Å². The van der Waals surface area contributed by atoms with Gasteiger partial charge < -0.3 is 10.2 Å². The van der Waals surface area contributed by atoms with Crippen molar-refractivity contribution in [2.45, 2.75) is 32.6 Å². The van der Waals surface area contributed by atoms with E-state index in [-0.39, 0.29) is 11.7 Å². The fourth-order valence-electron chi connectivity index (χ4n) is 5.06. The molecule has 2 aromatic carbocycles. The first-order chi connectivity index (χ1) is 16.6. The molecule has 1 saturated heterocycles. The largest absolute Gasteiger partial charge is 0.369 e. The molecule has 1 fully saturated rings. The van der Waals surface area contributed by atoms with Crippen LogP contribution in [-0.2, 0) is 17.6 Å².